The first-order valence-electron chi connectivity index (χ1n) is 9.02. The fourth-order valence-corrected chi connectivity index (χ4v) is 6.73. The second-order valence-electron chi connectivity index (χ2n) is 7.14. The number of phosphoric ester groups is 1. The largest absolute Gasteiger partial charge is 0.490 e. The molecule has 0 amide bonds. The molecule has 18 nitrogen and oxygen atoms in total. The van der Waals surface area contributed by atoms with E-state index in [1.54, 1.807) is 0 Å². The molecule has 198 valence electrons. The van der Waals surface area contributed by atoms with Gasteiger partial charge in [-0.05, 0) is 6.92 Å². The van der Waals surface area contributed by atoms with Crippen LogP contribution >= 0.6 is 35.1 Å². The number of H-pyrrole nitrogens is 1. The minimum Gasteiger partial charge on any atom is -0.388 e. The Kier molecular flexibility index (Phi) is 7.70. The number of aliphatic hydroxyl groups excluding tert-OH is 1. The summed E-state index contributed by atoms with van der Waals surface area (Å²) in [4.78, 5) is 55.7. The van der Waals surface area contributed by atoms with Gasteiger partial charge in [0.25, 0.3) is 5.56 Å². The number of ether oxygens (including phenoxy) is 1. The number of anilines is 1. The van der Waals surface area contributed by atoms with Crippen LogP contribution in [-0.4, -0.2) is 74.1 Å². The molecule has 0 saturated carbocycles. The van der Waals surface area contributed by atoms with E-state index in [-0.39, 0.29) is 17.1 Å². The first-order valence-corrected chi connectivity index (χ1v) is 13.9. The highest BCUT2D eigenvalue weighted by molar-refractivity contribution is 7.66. The number of halogens is 2. The zero-order valence-electron chi connectivity index (χ0n) is 17.1. The number of aliphatic hydroxyl groups is 1. The molecule has 3 heterocycles. The lowest BCUT2D eigenvalue weighted by Gasteiger charge is -2.28. The summed E-state index contributed by atoms with van der Waals surface area (Å²) in [6, 6.07) is 0. The standard InChI is InChI=1S/C12H18ClFN5O13P3/c1-4(30-34(25,26)32-35(27,28)31-33(22,23)24)6-7(20)12(13,2-14)10(29-6)19-3-16-5-8(19)17-11(15)18-9(5)21/h3-4,6-7,10,20H,2H2,1H3,(H,25,26)(H,27,28)(H2,22,23,24)(H3,15,17,18,21)/t4-,6+,7?,10+,12+/m0/s1. The highest BCUT2D eigenvalue weighted by Crippen LogP contribution is 2.66. The topological polar surface area (TPSA) is 279 Å². The Labute approximate surface area is 198 Å². The number of phosphoric acid groups is 3. The number of nitrogens with one attached hydrogen (secondary N) is 1. The van der Waals surface area contributed by atoms with Crippen LogP contribution in [0, 0.1) is 0 Å². The third-order valence-electron chi connectivity index (χ3n) is 4.59. The average Bonchev–Trinajstić information content (AvgIpc) is 3.18. The van der Waals surface area contributed by atoms with Crippen molar-refractivity contribution in [1.29, 1.82) is 0 Å². The van der Waals surface area contributed by atoms with Gasteiger partial charge < -0.3 is 35.2 Å². The Balaban J connectivity index is 1.88. The van der Waals surface area contributed by atoms with Gasteiger partial charge in [0.15, 0.2) is 17.4 Å². The molecule has 0 aliphatic carbocycles. The first-order chi connectivity index (χ1) is 15.9. The van der Waals surface area contributed by atoms with Crippen molar-refractivity contribution in [2.24, 2.45) is 0 Å². The third kappa shape index (κ3) is 5.99. The van der Waals surface area contributed by atoms with Gasteiger partial charge in [-0.25, -0.2) is 23.1 Å². The summed E-state index contributed by atoms with van der Waals surface area (Å²) in [5.74, 6) is -0.333. The van der Waals surface area contributed by atoms with Gasteiger partial charge in [0.05, 0.1) is 12.4 Å². The van der Waals surface area contributed by atoms with E-state index in [0.717, 1.165) is 17.8 Å². The molecular weight excluding hydrogens is 570 g/mol. The molecule has 23 heteroatoms. The minimum absolute atomic E-state index is 0.205. The van der Waals surface area contributed by atoms with E-state index >= 15 is 0 Å². The maximum absolute atomic E-state index is 14.0. The zero-order valence-corrected chi connectivity index (χ0v) is 20.6. The molecule has 1 aliphatic heterocycles. The van der Waals surface area contributed by atoms with Crippen LogP contribution in [0.1, 0.15) is 13.2 Å². The van der Waals surface area contributed by atoms with Gasteiger partial charge in [0.2, 0.25) is 5.95 Å². The van der Waals surface area contributed by atoms with E-state index in [1.807, 2.05) is 0 Å². The number of rotatable bonds is 9. The van der Waals surface area contributed by atoms with Gasteiger partial charge in [-0.2, -0.15) is 13.6 Å². The number of fused-ring (bicyclic) bond motifs is 1. The van der Waals surface area contributed by atoms with Crippen molar-refractivity contribution in [3.63, 3.8) is 0 Å². The molecular formula is C12H18ClFN5O13P3. The van der Waals surface area contributed by atoms with Crippen molar-refractivity contribution in [2.75, 3.05) is 12.4 Å². The predicted molar refractivity (Wildman–Crippen MR) is 111 cm³/mol. The second-order valence-corrected chi connectivity index (χ2v) is 12.2. The molecule has 3 rings (SSSR count). The molecule has 0 aromatic carbocycles. The molecule has 2 aromatic heterocycles. The van der Waals surface area contributed by atoms with Crippen LogP contribution in [0.4, 0.5) is 10.3 Å². The Hall–Kier alpha value is -1.30. The number of aromatic nitrogens is 4. The number of nitrogens with two attached hydrogens (primary N) is 1. The average molecular weight is 588 g/mol. The van der Waals surface area contributed by atoms with Crippen LogP contribution in [0.25, 0.3) is 11.2 Å². The van der Waals surface area contributed by atoms with Crippen molar-refractivity contribution in [3.8, 4) is 0 Å². The number of alkyl halides is 2. The lowest BCUT2D eigenvalue weighted by atomic mass is 9.97. The highest BCUT2D eigenvalue weighted by Gasteiger charge is 2.59. The van der Waals surface area contributed by atoms with Crippen LogP contribution in [0.3, 0.4) is 0 Å². The van der Waals surface area contributed by atoms with Crippen molar-refractivity contribution in [2.45, 2.75) is 36.3 Å². The normalized spacial score (nSPS) is 29.7. The van der Waals surface area contributed by atoms with E-state index in [0.29, 0.717) is 0 Å². The maximum atomic E-state index is 14.0. The van der Waals surface area contributed by atoms with Crippen LogP contribution in [-0.2, 0) is 31.6 Å². The number of aromatic amines is 1. The Bertz CT molecular complexity index is 1320. The lowest BCUT2D eigenvalue weighted by Crippen LogP contribution is -2.46. The lowest BCUT2D eigenvalue weighted by molar-refractivity contribution is -0.0733. The molecule has 0 bridgehead atoms. The van der Waals surface area contributed by atoms with Crippen LogP contribution in [0.2, 0.25) is 0 Å². The van der Waals surface area contributed by atoms with Gasteiger partial charge in [0.1, 0.15) is 23.8 Å². The molecule has 0 spiro atoms. The number of nitrogens with zero attached hydrogens (tertiary/aromatic N) is 3. The Morgan fingerprint density at radius 2 is 1.94 bits per heavy atom. The van der Waals surface area contributed by atoms with E-state index in [1.165, 1.54) is 0 Å². The Morgan fingerprint density at radius 3 is 2.51 bits per heavy atom. The quantitative estimate of drug-likeness (QED) is 0.146. The number of hydrogen-bond donors (Lipinski definition) is 7. The molecule has 1 saturated heterocycles. The monoisotopic (exact) mass is 587 g/mol. The fraction of sp³-hybridized carbons (Fsp3) is 0.583. The van der Waals surface area contributed by atoms with Crippen LogP contribution in [0.15, 0.2) is 11.1 Å². The molecule has 2 aromatic rings. The van der Waals surface area contributed by atoms with Gasteiger partial charge in [0, 0.05) is 0 Å². The molecule has 0 radical (unpaired) electrons. The van der Waals surface area contributed by atoms with Crippen molar-refractivity contribution >= 4 is 52.2 Å². The molecule has 35 heavy (non-hydrogen) atoms. The second kappa shape index (κ2) is 9.54. The molecule has 1 aliphatic rings. The Morgan fingerprint density at radius 1 is 1.31 bits per heavy atom. The van der Waals surface area contributed by atoms with Gasteiger partial charge in [-0.15, -0.1) is 11.6 Å². The SMILES string of the molecule is C[C@H](OP(=O)(O)OP(=O)(O)OP(=O)(O)O)[C@H]1O[C@@H](n2cnc3c(=O)[nH]c(N)nc32)[C@@](Cl)(CF)C1O. The summed E-state index contributed by atoms with van der Waals surface area (Å²) in [5, 5.41) is 10.6. The van der Waals surface area contributed by atoms with Gasteiger partial charge in [-0.1, -0.05) is 0 Å². The fourth-order valence-electron chi connectivity index (χ4n) is 3.25. The zero-order chi connectivity index (χ0) is 26.6. The summed E-state index contributed by atoms with van der Waals surface area (Å²) in [6.07, 6.45) is -6.07. The van der Waals surface area contributed by atoms with Crippen molar-refractivity contribution < 1.29 is 60.6 Å². The maximum Gasteiger partial charge on any atom is 0.490 e. The summed E-state index contributed by atoms with van der Waals surface area (Å²) in [7, 11) is -17.1. The smallest absolute Gasteiger partial charge is 0.388 e. The molecule has 1 fully saturated rings. The molecule has 3 unspecified atom stereocenters. The summed E-state index contributed by atoms with van der Waals surface area (Å²) < 4.78 is 66.7. The predicted octanol–water partition coefficient (Wildman–Crippen LogP) is -0.361. The van der Waals surface area contributed by atoms with Crippen LogP contribution < -0.4 is 11.3 Å². The van der Waals surface area contributed by atoms with Gasteiger partial charge >= 0.3 is 23.5 Å². The highest BCUT2D eigenvalue weighted by atomic mass is 35.5. The van der Waals surface area contributed by atoms with Crippen molar-refractivity contribution in [1.82, 2.24) is 19.5 Å². The summed E-state index contributed by atoms with van der Waals surface area (Å²) >= 11 is 6.28. The minimum atomic E-state index is -5.81. The molecule has 8 N–H and O–H groups in total. The van der Waals surface area contributed by atoms with E-state index < -0.39 is 65.1 Å². The summed E-state index contributed by atoms with van der Waals surface area (Å²) in [5.41, 5.74) is 4.32. The van der Waals surface area contributed by atoms with Crippen molar-refractivity contribution in [3.05, 3.63) is 16.7 Å². The van der Waals surface area contributed by atoms with Gasteiger partial charge in [-0.3, -0.25) is 18.9 Å². The van der Waals surface area contributed by atoms with E-state index in [2.05, 4.69) is 28.1 Å². The number of hydrogen-bond acceptors (Lipinski definition) is 12. The first kappa shape index (κ1) is 28.3. The van der Waals surface area contributed by atoms with E-state index in [4.69, 9.17) is 31.9 Å². The number of nitrogen functional groups attached to an aromatic ring is 1. The molecule has 7 atom stereocenters. The van der Waals surface area contributed by atoms with Crippen LogP contribution in [0.5, 0.6) is 0 Å². The summed E-state index contributed by atoms with van der Waals surface area (Å²) in [6.45, 7) is -0.450. The third-order valence-corrected chi connectivity index (χ3v) is 9.02. The number of imidazole rings is 1. The van der Waals surface area contributed by atoms with E-state index in [9.17, 15) is 37.8 Å².